The monoisotopic (exact) mass is 273 g/mol. The van der Waals surface area contributed by atoms with Gasteiger partial charge in [-0.05, 0) is 44.2 Å². The van der Waals surface area contributed by atoms with E-state index in [0.717, 1.165) is 42.6 Å². The van der Waals surface area contributed by atoms with Gasteiger partial charge >= 0.3 is 0 Å². The van der Waals surface area contributed by atoms with Crippen LogP contribution in [0.1, 0.15) is 30.3 Å². The maximum atomic E-state index is 11.3. The molecule has 1 fully saturated rings. The number of hydrogen-bond donors (Lipinski definition) is 0. The largest absolute Gasteiger partial charge is 0.490 e. The number of carbonyl (C=O) groups is 1. The lowest BCUT2D eigenvalue weighted by atomic mass is 10.1. The summed E-state index contributed by atoms with van der Waals surface area (Å²) in [6.45, 7) is 3.66. The topological polar surface area (TPSA) is 42.7 Å². The molecule has 1 aromatic carbocycles. The van der Waals surface area contributed by atoms with Crippen LogP contribution >= 0.6 is 0 Å². The van der Waals surface area contributed by atoms with Gasteiger partial charge in [0.05, 0.1) is 0 Å². The number of furan rings is 1. The molecular formula is C16H19NO3. The average Bonchev–Trinajstić information content (AvgIpc) is 2.85. The van der Waals surface area contributed by atoms with Gasteiger partial charge in [-0.15, -0.1) is 0 Å². The van der Waals surface area contributed by atoms with Crippen molar-refractivity contribution in [2.45, 2.75) is 25.9 Å². The zero-order valence-corrected chi connectivity index (χ0v) is 11.9. The Morgan fingerprint density at radius 1 is 1.30 bits per heavy atom. The van der Waals surface area contributed by atoms with E-state index in [4.69, 9.17) is 9.15 Å². The molecule has 0 atom stereocenters. The summed E-state index contributed by atoms with van der Waals surface area (Å²) < 4.78 is 11.5. The summed E-state index contributed by atoms with van der Waals surface area (Å²) >= 11 is 0. The van der Waals surface area contributed by atoms with Crippen LogP contribution in [0.3, 0.4) is 0 Å². The van der Waals surface area contributed by atoms with E-state index in [1.807, 2.05) is 18.2 Å². The number of piperidine rings is 1. The standard InChI is InChI=1S/C16H19NO3/c1-11(18)16-10-12-9-14(3-4-15(12)20-16)19-13-5-7-17(2)8-6-13/h3-4,9-10,13H,5-8H2,1-2H3. The first kappa shape index (κ1) is 13.2. The van der Waals surface area contributed by atoms with Crippen molar-refractivity contribution < 1.29 is 13.9 Å². The summed E-state index contributed by atoms with van der Waals surface area (Å²) in [5.41, 5.74) is 0.728. The number of benzene rings is 1. The third-order valence-corrected chi connectivity index (χ3v) is 3.80. The number of nitrogens with zero attached hydrogens (tertiary/aromatic N) is 1. The van der Waals surface area contributed by atoms with Crippen molar-refractivity contribution in [3.05, 3.63) is 30.0 Å². The Morgan fingerprint density at radius 2 is 2.05 bits per heavy atom. The minimum Gasteiger partial charge on any atom is -0.490 e. The Morgan fingerprint density at radius 3 is 2.75 bits per heavy atom. The molecule has 2 heterocycles. The van der Waals surface area contributed by atoms with E-state index in [0.29, 0.717) is 5.76 Å². The highest BCUT2D eigenvalue weighted by atomic mass is 16.5. The quantitative estimate of drug-likeness (QED) is 0.806. The van der Waals surface area contributed by atoms with Crippen molar-refractivity contribution >= 4 is 16.8 Å². The van der Waals surface area contributed by atoms with Crippen LogP contribution in [0.15, 0.2) is 28.7 Å². The first-order valence-electron chi connectivity index (χ1n) is 7.01. The van der Waals surface area contributed by atoms with Crippen molar-refractivity contribution in [3.8, 4) is 5.75 Å². The van der Waals surface area contributed by atoms with Gasteiger partial charge in [-0.25, -0.2) is 0 Å². The van der Waals surface area contributed by atoms with Crippen LogP contribution in [0.5, 0.6) is 5.75 Å². The van der Waals surface area contributed by atoms with E-state index in [-0.39, 0.29) is 11.9 Å². The molecular weight excluding hydrogens is 254 g/mol. The third kappa shape index (κ3) is 2.70. The van der Waals surface area contributed by atoms with Crippen LogP contribution in [-0.4, -0.2) is 36.9 Å². The van der Waals surface area contributed by atoms with Crippen LogP contribution in [0.2, 0.25) is 0 Å². The second kappa shape index (κ2) is 5.29. The molecule has 1 saturated heterocycles. The molecule has 1 aliphatic heterocycles. The van der Waals surface area contributed by atoms with Gasteiger partial charge in [0.1, 0.15) is 17.4 Å². The molecule has 20 heavy (non-hydrogen) atoms. The average molecular weight is 273 g/mol. The predicted octanol–water partition coefficient (Wildman–Crippen LogP) is 3.11. The number of ketones is 1. The van der Waals surface area contributed by atoms with E-state index in [2.05, 4.69) is 11.9 Å². The lowest BCUT2D eigenvalue weighted by molar-refractivity contribution is 0.0989. The number of ether oxygens (including phenoxy) is 1. The normalized spacial score (nSPS) is 17.5. The molecule has 0 radical (unpaired) electrons. The van der Waals surface area contributed by atoms with E-state index >= 15 is 0 Å². The zero-order valence-electron chi connectivity index (χ0n) is 11.9. The van der Waals surface area contributed by atoms with Crippen molar-refractivity contribution in [2.75, 3.05) is 20.1 Å². The van der Waals surface area contributed by atoms with Crippen LogP contribution in [-0.2, 0) is 0 Å². The molecule has 4 heteroatoms. The van der Waals surface area contributed by atoms with Crippen LogP contribution < -0.4 is 4.74 Å². The number of carbonyl (C=O) groups excluding carboxylic acids is 1. The Kier molecular flexibility index (Phi) is 3.49. The fourth-order valence-corrected chi connectivity index (χ4v) is 2.56. The molecule has 0 amide bonds. The summed E-state index contributed by atoms with van der Waals surface area (Å²) in [5.74, 6) is 1.19. The lowest BCUT2D eigenvalue weighted by Gasteiger charge is -2.29. The van der Waals surface area contributed by atoms with Gasteiger partial charge in [-0.3, -0.25) is 4.79 Å². The van der Waals surface area contributed by atoms with Crippen molar-refractivity contribution in [2.24, 2.45) is 0 Å². The molecule has 4 nitrogen and oxygen atoms in total. The first-order valence-corrected chi connectivity index (χ1v) is 7.01. The predicted molar refractivity (Wildman–Crippen MR) is 77.4 cm³/mol. The van der Waals surface area contributed by atoms with E-state index < -0.39 is 0 Å². The Balaban J connectivity index is 1.77. The summed E-state index contributed by atoms with van der Waals surface area (Å²) in [4.78, 5) is 13.6. The van der Waals surface area contributed by atoms with Gasteiger partial charge in [0.25, 0.3) is 0 Å². The summed E-state index contributed by atoms with van der Waals surface area (Å²) in [6, 6.07) is 7.50. The van der Waals surface area contributed by atoms with Crippen LogP contribution in [0, 0.1) is 0 Å². The highest BCUT2D eigenvalue weighted by molar-refractivity contribution is 5.96. The molecule has 1 aromatic heterocycles. The van der Waals surface area contributed by atoms with Crippen LogP contribution in [0.4, 0.5) is 0 Å². The van der Waals surface area contributed by atoms with Gasteiger partial charge in [0.2, 0.25) is 0 Å². The summed E-state index contributed by atoms with van der Waals surface area (Å²) in [6.07, 6.45) is 2.39. The minimum atomic E-state index is -0.0565. The summed E-state index contributed by atoms with van der Waals surface area (Å²) in [5, 5.41) is 0.917. The van der Waals surface area contributed by atoms with E-state index in [1.54, 1.807) is 6.07 Å². The molecule has 0 bridgehead atoms. The van der Waals surface area contributed by atoms with Crippen molar-refractivity contribution in [1.82, 2.24) is 4.90 Å². The number of rotatable bonds is 3. The third-order valence-electron chi connectivity index (χ3n) is 3.80. The van der Waals surface area contributed by atoms with Gasteiger partial charge in [-0.2, -0.15) is 0 Å². The second-order valence-electron chi connectivity index (χ2n) is 5.49. The fourth-order valence-electron chi connectivity index (χ4n) is 2.56. The maximum Gasteiger partial charge on any atom is 0.194 e. The van der Waals surface area contributed by atoms with Crippen molar-refractivity contribution in [1.29, 1.82) is 0 Å². The molecule has 0 saturated carbocycles. The number of Topliss-reactive ketones (excluding diaryl/α,β-unsaturated/α-hetero) is 1. The Hall–Kier alpha value is -1.81. The first-order chi connectivity index (χ1) is 9.61. The molecule has 3 rings (SSSR count). The zero-order chi connectivity index (χ0) is 14.1. The second-order valence-corrected chi connectivity index (χ2v) is 5.49. The molecule has 2 aromatic rings. The minimum absolute atomic E-state index is 0.0565. The molecule has 0 aliphatic carbocycles. The molecule has 0 spiro atoms. The smallest absolute Gasteiger partial charge is 0.194 e. The lowest BCUT2D eigenvalue weighted by Crippen LogP contribution is -2.35. The highest BCUT2D eigenvalue weighted by Gasteiger charge is 2.18. The molecule has 0 N–H and O–H groups in total. The number of likely N-dealkylation sites (tertiary alicyclic amines) is 1. The van der Waals surface area contributed by atoms with Gasteiger partial charge in [0, 0.05) is 25.4 Å². The van der Waals surface area contributed by atoms with Gasteiger partial charge in [0.15, 0.2) is 11.5 Å². The van der Waals surface area contributed by atoms with Gasteiger partial charge < -0.3 is 14.1 Å². The maximum absolute atomic E-state index is 11.3. The van der Waals surface area contributed by atoms with E-state index in [9.17, 15) is 4.79 Å². The molecule has 0 unspecified atom stereocenters. The Bertz CT molecular complexity index is 624. The fraction of sp³-hybridized carbons (Fsp3) is 0.438. The SMILES string of the molecule is CC(=O)c1cc2cc(OC3CCN(C)CC3)ccc2o1. The Labute approximate surface area is 118 Å². The van der Waals surface area contributed by atoms with Crippen LogP contribution in [0.25, 0.3) is 11.0 Å². The number of fused-ring (bicyclic) bond motifs is 1. The van der Waals surface area contributed by atoms with E-state index in [1.165, 1.54) is 6.92 Å². The number of hydrogen-bond acceptors (Lipinski definition) is 4. The summed E-state index contributed by atoms with van der Waals surface area (Å²) in [7, 11) is 2.14. The molecule has 106 valence electrons. The molecule has 1 aliphatic rings. The highest BCUT2D eigenvalue weighted by Crippen LogP contribution is 2.26. The van der Waals surface area contributed by atoms with Gasteiger partial charge in [-0.1, -0.05) is 0 Å². The van der Waals surface area contributed by atoms with Crippen molar-refractivity contribution in [3.63, 3.8) is 0 Å².